The highest BCUT2D eigenvalue weighted by atomic mass is 16.5. The highest BCUT2D eigenvalue weighted by Gasteiger charge is 2.26. The summed E-state index contributed by atoms with van der Waals surface area (Å²) in [5.41, 5.74) is 3.21. The molecule has 0 aliphatic heterocycles. The van der Waals surface area contributed by atoms with Crippen molar-refractivity contribution < 1.29 is 14.3 Å². The smallest absolute Gasteiger partial charge is 0.196 e. The van der Waals surface area contributed by atoms with Crippen molar-refractivity contribution >= 4 is 12.1 Å². The van der Waals surface area contributed by atoms with Crippen molar-refractivity contribution in [3.63, 3.8) is 0 Å². The number of ether oxygens (including phenoxy) is 1. The van der Waals surface area contributed by atoms with Crippen LogP contribution in [0.15, 0.2) is 42.5 Å². The van der Waals surface area contributed by atoms with Gasteiger partial charge in [-0.15, -0.1) is 0 Å². The van der Waals surface area contributed by atoms with Crippen molar-refractivity contribution in [1.29, 1.82) is 0 Å². The fourth-order valence-electron chi connectivity index (χ4n) is 2.90. The van der Waals surface area contributed by atoms with Crippen LogP contribution in [-0.2, 0) is 11.2 Å². The van der Waals surface area contributed by atoms with Crippen LogP contribution in [-0.4, -0.2) is 19.2 Å². The second-order valence-electron chi connectivity index (χ2n) is 5.23. The monoisotopic (exact) mass is 280 g/mol. The number of aldehydes is 1. The number of benzene rings is 2. The van der Waals surface area contributed by atoms with E-state index in [0.717, 1.165) is 30.3 Å². The minimum Gasteiger partial charge on any atom is -0.496 e. The van der Waals surface area contributed by atoms with E-state index in [-0.39, 0.29) is 11.7 Å². The average molecular weight is 280 g/mol. The third kappa shape index (κ3) is 2.35. The Bertz CT molecular complexity index is 689. The van der Waals surface area contributed by atoms with Crippen LogP contribution in [0.5, 0.6) is 5.75 Å². The Kier molecular flexibility index (Phi) is 3.57. The summed E-state index contributed by atoms with van der Waals surface area (Å²) in [6.45, 7) is 0. The molecule has 21 heavy (non-hydrogen) atoms. The summed E-state index contributed by atoms with van der Waals surface area (Å²) in [6.07, 6.45) is 2.63. The Morgan fingerprint density at radius 3 is 2.67 bits per heavy atom. The zero-order valence-corrected chi connectivity index (χ0v) is 11.8. The molecule has 0 fully saturated rings. The lowest BCUT2D eigenvalue weighted by molar-refractivity contribution is -0.109. The van der Waals surface area contributed by atoms with Crippen LogP contribution in [0, 0.1) is 0 Å². The maximum Gasteiger partial charge on any atom is 0.196 e. The summed E-state index contributed by atoms with van der Waals surface area (Å²) in [5.74, 6) is 0.397. The van der Waals surface area contributed by atoms with Crippen molar-refractivity contribution in [2.24, 2.45) is 0 Å². The van der Waals surface area contributed by atoms with E-state index in [2.05, 4.69) is 0 Å². The maximum atomic E-state index is 12.7. The first-order valence-corrected chi connectivity index (χ1v) is 7.00. The van der Waals surface area contributed by atoms with Crippen LogP contribution >= 0.6 is 0 Å². The van der Waals surface area contributed by atoms with Crippen LogP contribution in [0.2, 0.25) is 0 Å². The Hall–Kier alpha value is -2.42. The third-order valence-electron chi connectivity index (χ3n) is 4.03. The van der Waals surface area contributed by atoms with E-state index < -0.39 is 0 Å². The number of rotatable bonds is 4. The molecular formula is C18H16O3. The molecule has 0 saturated carbocycles. The van der Waals surface area contributed by atoms with Crippen molar-refractivity contribution in [2.75, 3.05) is 7.11 Å². The molecule has 0 radical (unpaired) electrons. The lowest BCUT2D eigenvalue weighted by atomic mass is 9.95. The molecule has 106 valence electrons. The summed E-state index contributed by atoms with van der Waals surface area (Å²) >= 11 is 0. The first-order chi connectivity index (χ1) is 10.2. The van der Waals surface area contributed by atoms with Crippen LogP contribution in [0.4, 0.5) is 0 Å². The molecule has 2 aromatic rings. The van der Waals surface area contributed by atoms with E-state index >= 15 is 0 Å². The molecule has 3 rings (SSSR count). The van der Waals surface area contributed by atoms with Gasteiger partial charge in [-0.1, -0.05) is 30.3 Å². The number of carbonyl (C=O) groups excluding carboxylic acids is 2. The first-order valence-electron chi connectivity index (χ1n) is 7.00. The van der Waals surface area contributed by atoms with E-state index in [0.29, 0.717) is 16.9 Å². The van der Waals surface area contributed by atoms with Crippen LogP contribution < -0.4 is 4.74 Å². The number of fused-ring (bicyclic) bond motifs is 1. The van der Waals surface area contributed by atoms with Crippen molar-refractivity contribution in [1.82, 2.24) is 0 Å². The fourth-order valence-corrected chi connectivity index (χ4v) is 2.90. The third-order valence-corrected chi connectivity index (χ3v) is 4.03. The minimum absolute atomic E-state index is 0.0770. The first kappa shape index (κ1) is 13.6. The highest BCUT2D eigenvalue weighted by molar-refractivity contribution is 6.11. The normalized spacial score (nSPS) is 16.3. The van der Waals surface area contributed by atoms with Crippen molar-refractivity contribution in [3.8, 4) is 5.75 Å². The number of hydrogen-bond donors (Lipinski definition) is 0. The van der Waals surface area contributed by atoms with E-state index in [9.17, 15) is 9.59 Å². The molecule has 0 spiro atoms. The molecule has 0 heterocycles. The van der Waals surface area contributed by atoms with Crippen molar-refractivity contribution in [2.45, 2.75) is 18.8 Å². The van der Waals surface area contributed by atoms with E-state index in [1.165, 1.54) is 0 Å². The molecule has 1 aliphatic carbocycles. The molecule has 0 aromatic heterocycles. The van der Waals surface area contributed by atoms with Gasteiger partial charge in [0.15, 0.2) is 5.78 Å². The van der Waals surface area contributed by atoms with Gasteiger partial charge in [-0.3, -0.25) is 4.79 Å². The van der Waals surface area contributed by atoms with Gasteiger partial charge in [0.1, 0.15) is 12.0 Å². The number of hydrogen-bond acceptors (Lipinski definition) is 3. The topological polar surface area (TPSA) is 43.4 Å². The average Bonchev–Trinajstić information content (AvgIpc) is 2.95. The predicted octanol–water partition coefficient (Wildman–Crippen LogP) is 3.15. The number of carbonyl (C=O) groups is 2. The van der Waals surface area contributed by atoms with E-state index in [1.807, 2.05) is 30.3 Å². The second kappa shape index (κ2) is 5.52. The molecule has 1 atom stereocenters. The highest BCUT2D eigenvalue weighted by Crippen LogP contribution is 2.36. The van der Waals surface area contributed by atoms with Crippen LogP contribution in [0.3, 0.4) is 0 Å². The lowest BCUT2D eigenvalue weighted by Crippen LogP contribution is -2.06. The summed E-state index contributed by atoms with van der Waals surface area (Å²) in [4.78, 5) is 23.8. The molecule has 0 amide bonds. The van der Waals surface area contributed by atoms with Crippen LogP contribution in [0.25, 0.3) is 0 Å². The fraction of sp³-hybridized carbons (Fsp3) is 0.222. The summed E-state index contributed by atoms with van der Waals surface area (Å²) < 4.78 is 5.37. The quantitative estimate of drug-likeness (QED) is 0.638. The SMILES string of the molecule is COc1cc2c(cc1C(=O)c1ccccc1)C(C=O)CC2. The number of methoxy groups -OCH3 is 1. The van der Waals surface area contributed by atoms with Gasteiger partial charge in [0.25, 0.3) is 0 Å². The minimum atomic E-state index is -0.103. The van der Waals surface area contributed by atoms with Gasteiger partial charge in [0.2, 0.25) is 0 Å². The van der Waals surface area contributed by atoms with Gasteiger partial charge in [-0.25, -0.2) is 0 Å². The molecule has 1 aliphatic rings. The van der Waals surface area contributed by atoms with E-state index in [4.69, 9.17) is 4.74 Å². The van der Waals surface area contributed by atoms with Gasteiger partial charge in [-0.2, -0.15) is 0 Å². The van der Waals surface area contributed by atoms with Gasteiger partial charge in [0.05, 0.1) is 12.7 Å². The molecular weight excluding hydrogens is 264 g/mol. The Labute approximate surface area is 123 Å². The number of aryl methyl sites for hydroxylation is 1. The maximum absolute atomic E-state index is 12.7. The molecule has 1 unspecified atom stereocenters. The summed E-state index contributed by atoms with van der Waals surface area (Å²) in [6, 6.07) is 12.8. The second-order valence-corrected chi connectivity index (χ2v) is 5.23. The van der Waals surface area contributed by atoms with Crippen LogP contribution in [0.1, 0.15) is 39.4 Å². The predicted molar refractivity (Wildman–Crippen MR) is 80.0 cm³/mol. The molecule has 0 saturated heterocycles. The Morgan fingerprint density at radius 1 is 1.24 bits per heavy atom. The Balaban J connectivity index is 2.10. The van der Waals surface area contributed by atoms with Gasteiger partial charge < -0.3 is 9.53 Å². The standard InChI is InChI=1S/C18H16O3/c1-21-17-9-13-7-8-14(11-19)15(13)10-16(17)18(20)12-5-3-2-4-6-12/h2-6,9-11,14H,7-8H2,1H3. The van der Waals surface area contributed by atoms with Gasteiger partial charge >= 0.3 is 0 Å². The van der Waals surface area contributed by atoms with E-state index in [1.54, 1.807) is 19.2 Å². The molecule has 3 nitrogen and oxygen atoms in total. The van der Waals surface area contributed by atoms with Crippen molar-refractivity contribution in [3.05, 3.63) is 64.7 Å². The molecule has 0 bridgehead atoms. The zero-order valence-electron chi connectivity index (χ0n) is 11.8. The van der Waals surface area contributed by atoms with Gasteiger partial charge in [0, 0.05) is 11.5 Å². The molecule has 2 aromatic carbocycles. The van der Waals surface area contributed by atoms with Gasteiger partial charge in [-0.05, 0) is 36.1 Å². The molecule has 3 heteroatoms. The summed E-state index contributed by atoms with van der Waals surface area (Å²) in [5, 5.41) is 0. The number of ketones is 1. The largest absolute Gasteiger partial charge is 0.496 e. The zero-order chi connectivity index (χ0) is 14.8. The lowest BCUT2D eigenvalue weighted by Gasteiger charge is -2.12. The molecule has 0 N–H and O–H groups in total. The Morgan fingerprint density at radius 2 is 2.00 bits per heavy atom. The summed E-state index contributed by atoms with van der Waals surface area (Å²) in [7, 11) is 1.57.